The van der Waals surface area contributed by atoms with Crippen molar-refractivity contribution in [1.82, 2.24) is 5.32 Å². The van der Waals surface area contributed by atoms with E-state index in [-0.39, 0.29) is 17.3 Å². The standard InChI is InChI=1S/C22H35NO3/c1-26-22-18-15-13-11-9-7-5-3-2-4-6-8-10-12-14-16-23-19(21(18)25)17-20(22)24/h17,23H,2-16H2,1H3. The van der Waals surface area contributed by atoms with Crippen LogP contribution in [-0.2, 0) is 14.3 Å². The lowest BCUT2D eigenvalue weighted by atomic mass is 9.93. The van der Waals surface area contributed by atoms with Crippen LogP contribution in [0.2, 0.25) is 0 Å². The number of fused-ring (bicyclic) bond motifs is 2. The fourth-order valence-corrected chi connectivity index (χ4v) is 3.85. The Balaban J connectivity index is 1.96. The van der Waals surface area contributed by atoms with Crippen LogP contribution in [0.3, 0.4) is 0 Å². The molecule has 1 aliphatic carbocycles. The van der Waals surface area contributed by atoms with Crippen LogP contribution in [0.25, 0.3) is 0 Å². The van der Waals surface area contributed by atoms with Gasteiger partial charge < -0.3 is 10.1 Å². The summed E-state index contributed by atoms with van der Waals surface area (Å²) in [6.45, 7) is 0.750. The Bertz CT molecular complexity index is 534. The number of rotatable bonds is 1. The van der Waals surface area contributed by atoms with Crippen molar-refractivity contribution in [3.63, 3.8) is 0 Å². The maximum Gasteiger partial charge on any atom is 0.222 e. The van der Waals surface area contributed by atoms with Crippen molar-refractivity contribution >= 4 is 11.6 Å². The summed E-state index contributed by atoms with van der Waals surface area (Å²) in [6, 6.07) is 0. The van der Waals surface area contributed by atoms with E-state index in [2.05, 4.69) is 5.32 Å². The molecule has 2 bridgehead atoms. The highest BCUT2D eigenvalue weighted by Gasteiger charge is 2.28. The highest BCUT2D eigenvalue weighted by molar-refractivity contribution is 6.21. The number of methoxy groups -OCH3 is 1. The summed E-state index contributed by atoms with van der Waals surface area (Å²) in [6.07, 6.45) is 18.1. The molecule has 0 saturated carbocycles. The molecule has 1 N–H and O–H groups in total. The molecule has 1 fully saturated rings. The van der Waals surface area contributed by atoms with Gasteiger partial charge in [-0.25, -0.2) is 0 Å². The molecule has 146 valence electrons. The molecule has 0 aromatic heterocycles. The lowest BCUT2D eigenvalue weighted by Crippen LogP contribution is -2.29. The van der Waals surface area contributed by atoms with Crippen LogP contribution in [0.15, 0.2) is 23.1 Å². The van der Waals surface area contributed by atoms with Crippen LogP contribution in [0.4, 0.5) is 0 Å². The number of hydrogen-bond acceptors (Lipinski definition) is 4. The molecule has 4 heteroatoms. The fourth-order valence-electron chi connectivity index (χ4n) is 3.85. The second-order valence-corrected chi connectivity index (χ2v) is 7.54. The molecule has 26 heavy (non-hydrogen) atoms. The summed E-state index contributed by atoms with van der Waals surface area (Å²) in [7, 11) is 1.48. The zero-order valence-corrected chi connectivity index (χ0v) is 16.4. The van der Waals surface area contributed by atoms with Gasteiger partial charge >= 0.3 is 0 Å². The minimum atomic E-state index is -0.185. The number of allylic oxidation sites excluding steroid dienone is 2. The maximum atomic E-state index is 12.8. The molecule has 0 radical (unpaired) electrons. The van der Waals surface area contributed by atoms with Gasteiger partial charge in [-0.15, -0.1) is 0 Å². The molecule has 2 aliphatic rings. The highest BCUT2D eigenvalue weighted by Crippen LogP contribution is 2.24. The molecule has 0 atom stereocenters. The van der Waals surface area contributed by atoms with E-state index in [9.17, 15) is 9.59 Å². The molecule has 4 nitrogen and oxygen atoms in total. The number of carbonyl (C=O) groups is 2. The Morgan fingerprint density at radius 1 is 0.769 bits per heavy atom. The molecule has 1 saturated heterocycles. The summed E-state index contributed by atoms with van der Waals surface area (Å²) in [5.74, 6) is 0.00120. The SMILES string of the molecule is COC1=C2CCCCCCCCCCCCCCCNC(=CC1=O)C2=O. The molecular formula is C22H35NO3. The Morgan fingerprint density at radius 2 is 1.27 bits per heavy atom. The summed E-state index contributed by atoms with van der Waals surface area (Å²) in [5, 5.41) is 3.19. The Morgan fingerprint density at radius 3 is 1.81 bits per heavy atom. The molecule has 0 aromatic rings. The summed E-state index contributed by atoms with van der Waals surface area (Å²) >= 11 is 0. The molecule has 0 unspecified atom stereocenters. The monoisotopic (exact) mass is 361 g/mol. The van der Waals surface area contributed by atoms with E-state index in [1.165, 1.54) is 77.4 Å². The van der Waals surface area contributed by atoms with Gasteiger partial charge in [0, 0.05) is 18.2 Å². The average molecular weight is 362 g/mol. The normalized spacial score (nSPS) is 22.6. The quantitative estimate of drug-likeness (QED) is 0.669. The van der Waals surface area contributed by atoms with Crippen molar-refractivity contribution in [2.75, 3.05) is 13.7 Å². The molecular weight excluding hydrogens is 326 g/mol. The van der Waals surface area contributed by atoms with Gasteiger partial charge in [0.1, 0.15) is 0 Å². The van der Waals surface area contributed by atoms with Gasteiger partial charge in [-0.1, -0.05) is 70.6 Å². The van der Waals surface area contributed by atoms with E-state index < -0.39 is 0 Å². The first-order valence-electron chi connectivity index (χ1n) is 10.6. The lowest BCUT2D eigenvalue weighted by molar-refractivity contribution is -0.118. The van der Waals surface area contributed by atoms with E-state index in [1.807, 2.05) is 0 Å². The second-order valence-electron chi connectivity index (χ2n) is 7.54. The third kappa shape index (κ3) is 6.62. The number of hydrogen-bond donors (Lipinski definition) is 1. The first-order chi connectivity index (χ1) is 12.7. The van der Waals surface area contributed by atoms with Crippen molar-refractivity contribution in [3.8, 4) is 0 Å². The van der Waals surface area contributed by atoms with Gasteiger partial charge in [0.15, 0.2) is 5.76 Å². The fraction of sp³-hybridized carbons (Fsp3) is 0.727. The Kier molecular flexibility index (Phi) is 9.51. The molecule has 1 aliphatic heterocycles. The number of ketones is 2. The summed E-state index contributed by atoms with van der Waals surface area (Å²) < 4.78 is 5.25. The molecule has 0 amide bonds. The first-order valence-corrected chi connectivity index (χ1v) is 10.6. The van der Waals surface area contributed by atoms with E-state index in [4.69, 9.17) is 4.74 Å². The second kappa shape index (κ2) is 11.9. The molecule has 0 spiro atoms. The van der Waals surface area contributed by atoms with Crippen LogP contribution in [0, 0.1) is 0 Å². The van der Waals surface area contributed by atoms with Gasteiger partial charge in [0.05, 0.1) is 12.8 Å². The third-order valence-electron chi connectivity index (χ3n) is 5.42. The number of nitrogens with one attached hydrogen (secondary N) is 1. The van der Waals surface area contributed by atoms with Gasteiger partial charge in [-0.3, -0.25) is 9.59 Å². The van der Waals surface area contributed by atoms with Crippen molar-refractivity contribution < 1.29 is 14.3 Å². The summed E-state index contributed by atoms with van der Waals surface area (Å²) in [5.41, 5.74) is 1.00. The first kappa shape index (κ1) is 20.7. The van der Waals surface area contributed by atoms with Gasteiger partial charge in [0.2, 0.25) is 11.6 Å². The van der Waals surface area contributed by atoms with Crippen molar-refractivity contribution in [2.24, 2.45) is 0 Å². The van der Waals surface area contributed by atoms with Crippen LogP contribution in [-0.4, -0.2) is 25.2 Å². The highest BCUT2D eigenvalue weighted by atomic mass is 16.5. The van der Waals surface area contributed by atoms with Crippen LogP contribution in [0.1, 0.15) is 89.9 Å². The average Bonchev–Trinajstić information content (AvgIpc) is 2.63. The summed E-state index contributed by atoms with van der Waals surface area (Å²) in [4.78, 5) is 25.1. The predicted octanol–water partition coefficient (Wildman–Crippen LogP) is 4.99. The van der Waals surface area contributed by atoms with Gasteiger partial charge in [-0.2, -0.15) is 0 Å². The number of Topliss-reactive ketones (excluding diaryl/α,β-unsaturated/α-hetero) is 1. The zero-order valence-electron chi connectivity index (χ0n) is 16.4. The van der Waals surface area contributed by atoms with Gasteiger partial charge in [0.25, 0.3) is 0 Å². The van der Waals surface area contributed by atoms with Crippen LogP contribution in [0.5, 0.6) is 0 Å². The minimum Gasteiger partial charge on any atom is -0.492 e. The third-order valence-corrected chi connectivity index (χ3v) is 5.42. The van der Waals surface area contributed by atoms with Crippen LogP contribution >= 0.6 is 0 Å². The largest absolute Gasteiger partial charge is 0.492 e. The topological polar surface area (TPSA) is 55.4 Å². The molecule has 1 heterocycles. The van der Waals surface area contributed by atoms with E-state index in [1.54, 1.807) is 0 Å². The Hall–Kier alpha value is -1.58. The Labute approximate surface area is 158 Å². The smallest absolute Gasteiger partial charge is 0.222 e. The minimum absolute atomic E-state index is 0.0561. The lowest BCUT2D eigenvalue weighted by Gasteiger charge is -2.19. The van der Waals surface area contributed by atoms with Crippen molar-refractivity contribution in [2.45, 2.75) is 89.9 Å². The predicted molar refractivity (Wildman–Crippen MR) is 105 cm³/mol. The molecule has 2 rings (SSSR count). The van der Waals surface area contributed by atoms with Crippen LogP contribution < -0.4 is 5.32 Å². The number of carbonyl (C=O) groups excluding carboxylic acids is 2. The number of ether oxygens (including phenoxy) is 1. The van der Waals surface area contributed by atoms with E-state index >= 15 is 0 Å². The maximum absolute atomic E-state index is 12.8. The van der Waals surface area contributed by atoms with Gasteiger partial charge in [-0.05, 0) is 19.3 Å². The van der Waals surface area contributed by atoms with E-state index in [0.717, 1.165) is 25.8 Å². The van der Waals surface area contributed by atoms with Crippen molar-refractivity contribution in [3.05, 3.63) is 23.1 Å². The molecule has 0 aromatic carbocycles. The van der Waals surface area contributed by atoms with Crippen molar-refractivity contribution in [1.29, 1.82) is 0 Å². The zero-order chi connectivity index (χ0) is 18.6. The van der Waals surface area contributed by atoms with E-state index in [0.29, 0.717) is 17.7 Å².